The number of carbonyl (C=O) groups excluding carboxylic acids is 1. The van der Waals surface area contributed by atoms with E-state index in [1.807, 2.05) is 30.3 Å². The van der Waals surface area contributed by atoms with Crippen molar-refractivity contribution >= 4 is 33.4 Å². The van der Waals surface area contributed by atoms with Crippen molar-refractivity contribution in [1.82, 2.24) is 19.2 Å². The summed E-state index contributed by atoms with van der Waals surface area (Å²) in [5.41, 5.74) is 0.509. The number of benzene rings is 3. The Morgan fingerprint density at radius 2 is 1.73 bits per heavy atom. The van der Waals surface area contributed by atoms with Crippen molar-refractivity contribution in [2.75, 3.05) is 0 Å². The van der Waals surface area contributed by atoms with Crippen LogP contribution in [0.15, 0.2) is 65.5 Å². The summed E-state index contributed by atoms with van der Waals surface area (Å²) >= 11 is 0. The lowest BCUT2D eigenvalue weighted by Gasteiger charge is -2.09. The fourth-order valence-electron chi connectivity index (χ4n) is 3.59. The molecule has 0 spiro atoms. The summed E-state index contributed by atoms with van der Waals surface area (Å²) < 4.78 is 8.50. The molecule has 0 aliphatic heterocycles. The average molecular weight is 400 g/mol. The molecule has 0 bridgehead atoms. The van der Waals surface area contributed by atoms with Crippen LogP contribution in [0.3, 0.4) is 0 Å². The second-order valence-electron chi connectivity index (χ2n) is 6.93. The zero-order valence-electron chi connectivity index (χ0n) is 15.9. The van der Waals surface area contributed by atoms with Crippen molar-refractivity contribution < 1.29 is 14.6 Å². The van der Waals surface area contributed by atoms with Crippen LogP contribution in [0.2, 0.25) is 0 Å². The van der Waals surface area contributed by atoms with E-state index in [0.29, 0.717) is 22.5 Å². The number of ether oxygens (including phenoxy) is 1. The molecule has 8 heteroatoms. The number of para-hydroxylation sites is 1. The summed E-state index contributed by atoms with van der Waals surface area (Å²) in [6.07, 6.45) is 0. The largest absolute Gasteiger partial charge is 0.507 e. The minimum Gasteiger partial charge on any atom is -0.507 e. The molecular formula is C22H16N4O4. The van der Waals surface area contributed by atoms with E-state index in [0.717, 1.165) is 10.8 Å². The van der Waals surface area contributed by atoms with Gasteiger partial charge in [0.1, 0.15) is 11.3 Å². The molecule has 0 aliphatic rings. The van der Waals surface area contributed by atoms with Crippen LogP contribution < -0.4 is 5.56 Å². The molecule has 3 aromatic carbocycles. The van der Waals surface area contributed by atoms with Crippen LogP contribution in [0.1, 0.15) is 16.2 Å². The van der Waals surface area contributed by atoms with Crippen molar-refractivity contribution in [1.29, 1.82) is 0 Å². The van der Waals surface area contributed by atoms with Gasteiger partial charge in [-0.05, 0) is 35.0 Å². The molecule has 30 heavy (non-hydrogen) atoms. The number of carbonyl (C=O) groups is 1. The number of hydrogen-bond acceptors (Lipinski definition) is 6. The SMILES string of the molecule is Cn1c(=O)c2ccccc2n2c(COC(=O)c3cc4ccccc4cc3O)nnc12. The number of aryl methyl sites for hydroxylation is 1. The summed E-state index contributed by atoms with van der Waals surface area (Å²) in [6.45, 7) is -0.172. The highest BCUT2D eigenvalue weighted by molar-refractivity contribution is 5.98. The van der Waals surface area contributed by atoms with Crippen LogP contribution >= 0.6 is 0 Å². The molecule has 0 amide bonds. The summed E-state index contributed by atoms with van der Waals surface area (Å²) in [5, 5.41) is 20.6. The molecule has 8 nitrogen and oxygen atoms in total. The molecule has 0 saturated heterocycles. The summed E-state index contributed by atoms with van der Waals surface area (Å²) in [5.74, 6) is -0.120. The van der Waals surface area contributed by atoms with E-state index in [9.17, 15) is 14.7 Å². The number of aromatic nitrogens is 4. The van der Waals surface area contributed by atoms with Gasteiger partial charge in [0.2, 0.25) is 5.78 Å². The first-order chi connectivity index (χ1) is 14.5. The number of esters is 1. The molecule has 0 atom stereocenters. The van der Waals surface area contributed by atoms with Crippen molar-refractivity contribution in [3.63, 3.8) is 0 Å². The maximum atomic E-state index is 12.6. The first-order valence-corrected chi connectivity index (χ1v) is 9.25. The number of phenols is 1. The molecule has 0 radical (unpaired) electrons. The highest BCUT2D eigenvalue weighted by atomic mass is 16.5. The molecule has 0 aliphatic carbocycles. The fraction of sp³-hybridized carbons (Fsp3) is 0.0909. The van der Waals surface area contributed by atoms with E-state index in [4.69, 9.17) is 4.74 Å². The zero-order valence-corrected chi connectivity index (χ0v) is 15.9. The van der Waals surface area contributed by atoms with E-state index < -0.39 is 5.97 Å². The predicted molar refractivity (Wildman–Crippen MR) is 110 cm³/mol. The van der Waals surface area contributed by atoms with E-state index in [1.54, 1.807) is 35.7 Å². The molecule has 0 saturated carbocycles. The Morgan fingerprint density at radius 3 is 2.53 bits per heavy atom. The second-order valence-corrected chi connectivity index (χ2v) is 6.93. The third-order valence-corrected chi connectivity index (χ3v) is 5.11. The van der Waals surface area contributed by atoms with Crippen LogP contribution in [-0.4, -0.2) is 30.2 Å². The van der Waals surface area contributed by atoms with Crippen LogP contribution in [0.5, 0.6) is 5.75 Å². The fourth-order valence-corrected chi connectivity index (χ4v) is 3.59. The number of hydrogen-bond donors (Lipinski definition) is 1. The standard InChI is InChI=1S/C22H16N4O4/c1-25-20(28)15-8-4-5-9-17(15)26-19(23-24-22(25)26)12-30-21(29)16-10-13-6-2-3-7-14(13)11-18(16)27/h2-11,27H,12H2,1H3. The molecule has 148 valence electrons. The highest BCUT2D eigenvalue weighted by Crippen LogP contribution is 2.26. The number of phenolic OH excluding ortho intramolecular Hbond substituents is 1. The van der Waals surface area contributed by atoms with Crippen LogP contribution in [-0.2, 0) is 18.4 Å². The molecule has 0 unspecified atom stereocenters. The van der Waals surface area contributed by atoms with Gasteiger partial charge in [0.05, 0.1) is 10.9 Å². The lowest BCUT2D eigenvalue weighted by molar-refractivity contribution is 0.0458. The monoisotopic (exact) mass is 400 g/mol. The normalized spacial score (nSPS) is 11.4. The van der Waals surface area contributed by atoms with Crippen LogP contribution in [0.25, 0.3) is 27.5 Å². The summed E-state index contributed by atoms with van der Waals surface area (Å²) in [6, 6.07) is 17.6. The van der Waals surface area contributed by atoms with Gasteiger partial charge in [-0.3, -0.25) is 13.8 Å². The molecular weight excluding hydrogens is 384 g/mol. The van der Waals surface area contributed by atoms with Gasteiger partial charge in [0.15, 0.2) is 12.4 Å². The van der Waals surface area contributed by atoms with E-state index in [-0.39, 0.29) is 23.5 Å². The first-order valence-electron chi connectivity index (χ1n) is 9.25. The molecule has 1 N–H and O–H groups in total. The first kappa shape index (κ1) is 17.9. The van der Waals surface area contributed by atoms with Gasteiger partial charge in [0.25, 0.3) is 5.56 Å². The van der Waals surface area contributed by atoms with Gasteiger partial charge in [-0.2, -0.15) is 0 Å². The van der Waals surface area contributed by atoms with E-state index >= 15 is 0 Å². The van der Waals surface area contributed by atoms with E-state index in [1.165, 1.54) is 10.6 Å². The summed E-state index contributed by atoms with van der Waals surface area (Å²) in [7, 11) is 1.61. The Kier molecular flexibility index (Phi) is 3.99. The Hall–Kier alpha value is -4.20. The van der Waals surface area contributed by atoms with Gasteiger partial charge < -0.3 is 9.84 Å². The van der Waals surface area contributed by atoms with Crippen LogP contribution in [0, 0.1) is 0 Å². The third kappa shape index (κ3) is 2.69. The zero-order chi connectivity index (χ0) is 20.8. The minimum atomic E-state index is -0.677. The van der Waals surface area contributed by atoms with Gasteiger partial charge in [-0.25, -0.2) is 4.79 Å². The highest BCUT2D eigenvalue weighted by Gasteiger charge is 2.18. The quantitative estimate of drug-likeness (QED) is 0.468. The number of aromatic hydroxyl groups is 1. The topological polar surface area (TPSA) is 98.7 Å². The predicted octanol–water partition coefficient (Wildman–Crippen LogP) is 2.80. The molecule has 2 aromatic heterocycles. The molecule has 0 fully saturated rings. The Bertz CT molecular complexity index is 1520. The smallest absolute Gasteiger partial charge is 0.342 e. The van der Waals surface area contributed by atoms with Gasteiger partial charge >= 0.3 is 5.97 Å². The van der Waals surface area contributed by atoms with Crippen molar-refractivity contribution in [2.24, 2.45) is 7.05 Å². The third-order valence-electron chi connectivity index (χ3n) is 5.11. The Labute approximate surface area is 169 Å². The molecule has 5 aromatic rings. The summed E-state index contributed by atoms with van der Waals surface area (Å²) in [4.78, 5) is 25.1. The average Bonchev–Trinajstić information content (AvgIpc) is 3.19. The van der Waals surface area contributed by atoms with Crippen LogP contribution in [0.4, 0.5) is 0 Å². The number of fused-ring (bicyclic) bond motifs is 4. The van der Waals surface area contributed by atoms with E-state index in [2.05, 4.69) is 10.2 Å². The lowest BCUT2D eigenvalue weighted by Crippen LogP contribution is -2.20. The van der Waals surface area contributed by atoms with Gasteiger partial charge in [-0.1, -0.05) is 36.4 Å². The maximum absolute atomic E-state index is 12.6. The Balaban J connectivity index is 1.52. The van der Waals surface area contributed by atoms with Gasteiger partial charge in [-0.15, -0.1) is 10.2 Å². The molecule has 5 rings (SSSR count). The number of nitrogens with zero attached hydrogens (tertiary/aromatic N) is 4. The molecule has 2 heterocycles. The number of rotatable bonds is 3. The second kappa shape index (κ2) is 6.70. The van der Waals surface area contributed by atoms with Crippen molar-refractivity contribution in [2.45, 2.75) is 6.61 Å². The van der Waals surface area contributed by atoms with Gasteiger partial charge in [0, 0.05) is 7.05 Å². The Morgan fingerprint density at radius 1 is 1.03 bits per heavy atom. The maximum Gasteiger partial charge on any atom is 0.342 e. The van der Waals surface area contributed by atoms with Crippen molar-refractivity contribution in [3.05, 3.63) is 82.4 Å². The lowest BCUT2D eigenvalue weighted by atomic mass is 10.1. The minimum absolute atomic E-state index is 0.0692. The van der Waals surface area contributed by atoms with Crippen molar-refractivity contribution in [3.8, 4) is 5.75 Å².